The third kappa shape index (κ3) is 2.46. The summed E-state index contributed by atoms with van der Waals surface area (Å²) in [7, 11) is 1.64. The van der Waals surface area contributed by atoms with Gasteiger partial charge in [-0.05, 0) is 12.1 Å². The zero-order valence-electron chi connectivity index (χ0n) is 10.6. The number of rotatable bonds is 5. The van der Waals surface area contributed by atoms with Crippen LogP contribution in [0.2, 0.25) is 0 Å². The fraction of sp³-hybridized carbons (Fsp3) is 0.214. The average molecular weight is 258 g/mol. The Bertz CT molecular complexity index is 658. The van der Waals surface area contributed by atoms with Crippen molar-refractivity contribution >= 4 is 11.0 Å². The smallest absolute Gasteiger partial charge is 0.176 e. The van der Waals surface area contributed by atoms with Gasteiger partial charge in [-0.2, -0.15) is 0 Å². The van der Waals surface area contributed by atoms with Crippen molar-refractivity contribution in [1.29, 1.82) is 0 Å². The summed E-state index contributed by atoms with van der Waals surface area (Å²) in [6.07, 6.45) is 1.63. The molecule has 0 aliphatic carbocycles. The van der Waals surface area contributed by atoms with E-state index in [1.807, 2.05) is 30.3 Å². The van der Waals surface area contributed by atoms with Gasteiger partial charge in [-0.1, -0.05) is 17.3 Å². The fourth-order valence-corrected chi connectivity index (χ4v) is 1.98. The Morgan fingerprint density at radius 3 is 2.89 bits per heavy atom. The van der Waals surface area contributed by atoms with E-state index in [1.54, 1.807) is 13.3 Å². The van der Waals surface area contributed by atoms with E-state index in [-0.39, 0.29) is 0 Å². The quantitative estimate of drug-likeness (QED) is 0.762. The summed E-state index contributed by atoms with van der Waals surface area (Å²) in [5, 5.41) is 7.92. The molecule has 0 aliphatic heterocycles. The van der Waals surface area contributed by atoms with Crippen LogP contribution in [0.4, 0.5) is 0 Å². The molecule has 19 heavy (non-hydrogen) atoms. The summed E-state index contributed by atoms with van der Waals surface area (Å²) in [5.41, 5.74) is 0.779. The van der Waals surface area contributed by atoms with Gasteiger partial charge in [0.1, 0.15) is 11.5 Å². The molecule has 0 fully saturated rings. The molecule has 0 radical (unpaired) electrons. The highest BCUT2D eigenvalue weighted by atomic mass is 16.5. The SMILES string of the molecule is COc1cccc2cc(CNCc3ccno3)oc12. The first-order valence-electron chi connectivity index (χ1n) is 6.02. The van der Waals surface area contributed by atoms with E-state index in [4.69, 9.17) is 13.7 Å². The van der Waals surface area contributed by atoms with E-state index in [0.717, 1.165) is 28.2 Å². The number of fused-ring (bicyclic) bond motifs is 1. The zero-order chi connectivity index (χ0) is 13.1. The molecule has 98 valence electrons. The van der Waals surface area contributed by atoms with Crippen molar-refractivity contribution in [2.24, 2.45) is 0 Å². The molecule has 0 spiro atoms. The first-order valence-corrected chi connectivity index (χ1v) is 6.02. The van der Waals surface area contributed by atoms with Crippen molar-refractivity contribution < 1.29 is 13.7 Å². The van der Waals surface area contributed by atoms with Gasteiger partial charge in [0.2, 0.25) is 0 Å². The number of para-hydroxylation sites is 1. The Balaban J connectivity index is 1.71. The molecule has 0 amide bonds. The summed E-state index contributed by atoms with van der Waals surface area (Å²) in [6, 6.07) is 9.67. The summed E-state index contributed by atoms with van der Waals surface area (Å²) in [5.74, 6) is 2.41. The molecular weight excluding hydrogens is 244 g/mol. The monoisotopic (exact) mass is 258 g/mol. The van der Waals surface area contributed by atoms with Crippen LogP contribution in [0, 0.1) is 0 Å². The van der Waals surface area contributed by atoms with Crippen molar-refractivity contribution in [2.45, 2.75) is 13.1 Å². The van der Waals surface area contributed by atoms with Gasteiger partial charge in [0.05, 0.1) is 26.4 Å². The number of hydrogen-bond donors (Lipinski definition) is 1. The van der Waals surface area contributed by atoms with Crippen LogP contribution in [-0.4, -0.2) is 12.3 Å². The molecular formula is C14H14N2O3. The maximum absolute atomic E-state index is 5.78. The van der Waals surface area contributed by atoms with E-state index < -0.39 is 0 Å². The van der Waals surface area contributed by atoms with Gasteiger partial charge in [0, 0.05) is 11.5 Å². The minimum Gasteiger partial charge on any atom is -0.493 e. The first kappa shape index (κ1) is 11.8. The van der Waals surface area contributed by atoms with Gasteiger partial charge >= 0.3 is 0 Å². The molecule has 0 bridgehead atoms. The molecule has 3 rings (SSSR count). The van der Waals surface area contributed by atoms with Crippen LogP contribution in [0.1, 0.15) is 11.5 Å². The van der Waals surface area contributed by atoms with Gasteiger partial charge in [-0.15, -0.1) is 0 Å². The largest absolute Gasteiger partial charge is 0.493 e. The molecule has 0 atom stereocenters. The summed E-state index contributed by atoms with van der Waals surface area (Å²) in [6.45, 7) is 1.24. The summed E-state index contributed by atoms with van der Waals surface area (Å²) < 4.78 is 16.0. The molecule has 1 N–H and O–H groups in total. The van der Waals surface area contributed by atoms with Gasteiger partial charge < -0.3 is 19.0 Å². The van der Waals surface area contributed by atoms with Crippen molar-refractivity contribution in [2.75, 3.05) is 7.11 Å². The topological polar surface area (TPSA) is 60.4 Å². The van der Waals surface area contributed by atoms with Gasteiger partial charge in [0.15, 0.2) is 11.3 Å². The Kier molecular flexibility index (Phi) is 3.20. The van der Waals surface area contributed by atoms with Gasteiger partial charge in [-0.25, -0.2) is 0 Å². The molecule has 1 aromatic carbocycles. The van der Waals surface area contributed by atoms with E-state index in [0.29, 0.717) is 13.1 Å². The summed E-state index contributed by atoms with van der Waals surface area (Å²) >= 11 is 0. The number of hydrogen-bond acceptors (Lipinski definition) is 5. The number of aromatic nitrogens is 1. The Morgan fingerprint density at radius 2 is 2.11 bits per heavy atom. The second kappa shape index (κ2) is 5.16. The van der Waals surface area contributed by atoms with Crippen molar-refractivity contribution in [1.82, 2.24) is 10.5 Å². The van der Waals surface area contributed by atoms with E-state index >= 15 is 0 Å². The first-order chi connectivity index (χ1) is 9.36. The summed E-state index contributed by atoms with van der Waals surface area (Å²) in [4.78, 5) is 0. The predicted octanol–water partition coefficient (Wildman–Crippen LogP) is 2.72. The lowest BCUT2D eigenvalue weighted by Gasteiger charge is -1.99. The average Bonchev–Trinajstić information content (AvgIpc) is 3.06. The highest BCUT2D eigenvalue weighted by molar-refractivity contribution is 5.83. The minimum absolute atomic E-state index is 0.619. The fourth-order valence-electron chi connectivity index (χ4n) is 1.98. The zero-order valence-corrected chi connectivity index (χ0v) is 10.6. The van der Waals surface area contributed by atoms with Crippen LogP contribution >= 0.6 is 0 Å². The molecule has 0 aliphatic rings. The Morgan fingerprint density at radius 1 is 1.21 bits per heavy atom. The third-order valence-electron chi connectivity index (χ3n) is 2.87. The van der Waals surface area contributed by atoms with Gasteiger partial charge in [0.25, 0.3) is 0 Å². The Labute approximate surface area is 110 Å². The molecule has 0 saturated carbocycles. The third-order valence-corrected chi connectivity index (χ3v) is 2.87. The maximum Gasteiger partial charge on any atom is 0.176 e. The molecule has 5 nitrogen and oxygen atoms in total. The normalized spacial score (nSPS) is 11.0. The highest BCUT2D eigenvalue weighted by Crippen LogP contribution is 2.28. The van der Waals surface area contributed by atoms with Gasteiger partial charge in [-0.3, -0.25) is 0 Å². The van der Waals surface area contributed by atoms with Crippen LogP contribution < -0.4 is 10.1 Å². The second-order valence-electron chi connectivity index (χ2n) is 4.17. The van der Waals surface area contributed by atoms with Crippen molar-refractivity contribution in [3.8, 4) is 5.75 Å². The molecule has 2 heterocycles. The van der Waals surface area contributed by atoms with Crippen LogP contribution in [0.5, 0.6) is 5.75 Å². The van der Waals surface area contributed by atoms with Crippen LogP contribution in [0.15, 0.2) is 45.5 Å². The lowest BCUT2D eigenvalue weighted by molar-refractivity contribution is 0.369. The molecule has 5 heteroatoms. The number of nitrogens with zero attached hydrogens (tertiary/aromatic N) is 1. The minimum atomic E-state index is 0.619. The number of ether oxygens (including phenoxy) is 1. The number of benzene rings is 1. The highest BCUT2D eigenvalue weighted by Gasteiger charge is 2.08. The number of furan rings is 1. The molecule has 3 aromatic rings. The lowest BCUT2D eigenvalue weighted by Crippen LogP contribution is -2.11. The van der Waals surface area contributed by atoms with Crippen LogP contribution in [-0.2, 0) is 13.1 Å². The lowest BCUT2D eigenvalue weighted by atomic mass is 10.2. The van der Waals surface area contributed by atoms with E-state index in [9.17, 15) is 0 Å². The van der Waals surface area contributed by atoms with Crippen LogP contribution in [0.25, 0.3) is 11.0 Å². The van der Waals surface area contributed by atoms with Crippen molar-refractivity contribution in [3.05, 3.63) is 48.0 Å². The Hall–Kier alpha value is -2.27. The predicted molar refractivity (Wildman–Crippen MR) is 69.8 cm³/mol. The molecule has 0 saturated heterocycles. The maximum atomic E-state index is 5.78. The van der Waals surface area contributed by atoms with Crippen molar-refractivity contribution in [3.63, 3.8) is 0 Å². The number of nitrogens with one attached hydrogen (secondary N) is 1. The standard InChI is InChI=1S/C14H14N2O3/c1-17-13-4-2-3-10-7-12(18-14(10)13)9-15-8-11-5-6-16-19-11/h2-7,15H,8-9H2,1H3. The van der Waals surface area contributed by atoms with E-state index in [1.165, 1.54) is 0 Å². The second-order valence-corrected chi connectivity index (χ2v) is 4.17. The van der Waals surface area contributed by atoms with Crippen LogP contribution in [0.3, 0.4) is 0 Å². The molecule has 2 aromatic heterocycles. The molecule has 0 unspecified atom stereocenters. The number of methoxy groups -OCH3 is 1. The van der Waals surface area contributed by atoms with E-state index in [2.05, 4.69) is 10.5 Å².